The molecule has 0 radical (unpaired) electrons. The number of hydrogen-bond acceptors (Lipinski definition) is 2. The first-order valence-electron chi connectivity index (χ1n) is 9.70. The number of halogens is 3. The quantitative estimate of drug-likeness (QED) is 0.589. The number of aromatic nitrogens is 2. The number of benzene rings is 1. The molecule has 0 atom stereocenters. The Morgan fingerprint density at radius 3 is 2.48 bits per heavy atom. The molecule has 7 heteroatoms. The summed E-state index contributed by atoms with van der Waals surface area (Å²) in [5.41, 5.74) is 0.674. The van der Waals surface area contributed by atoms with Crippen LogP contribution in [0.5, 0.6) is 0 Å². The van der Waals surface area contributed by atoms with Gasteiger partial charge in [0, 0.05) is 18.2 Å². The number of amides is 1. The standard InChI is InChI=1S/C22H22F3N3O/c1-21(11-5-6-12-21)13-18(29)27-20-19(15-7-3-2-4-8-15)28-14-16(22(23,24)25)9-10-17(28)26-20/h2-4,7-10,14H,5-6,11-13H2,1H3,(H,27,29). The highest BCUT2D eigenvalue weighted by Gasteiger charge is 2.33. The summed E-state index contributed by atoms with van der Waals surface area (Å²) in [5, 5.41) is 2.86. The number of nitrogens with one attached hydrogen (secondary N) is 1. The number of imidazole rings is 1. The van der Waals surface area contributed by atoms with Crippen LogP contribution in [0.4, 0.5) is 19.0 Å². The van der Waals surface area contributed by atoms with Crippen LogP contribution in [0.3, 0.4) is 0 Å². The molecule has 1 amide bonds. The molecule has 4 nitrogen and oxygen atoms in total. The zero-order valence-corrected chi connectivity index (χ0v) is 16.1. The first-order chi connectivity index (χ1) is 13.8. The van der Waals surface area contributed by atoms with E-state index in [1.165, 1.54) is 10.5 Å². The molecule has 1 aliphatic carbocycles. The van der Waals surface area contributed by atoms with Gasteiger partial charge in [-0.15, -0.1) is 0 Å². The summed E-state index contributed by atoms with van der Waals surface area (Å²) in [4.78, 5) is 17.1. The van der Waals surface area contributed by atoms with Crippen LogP contribution in [0, 0.1) is 5.41 Å². The molecule has 3 aromatic rings. The minimum Gasteiger partial charge on any atom is -0.309 e. The number of carbonyl (C=O) groups is 1. The molecule has 2 heterocycles. The third-order valence-electron chi connectivity index (χ3n) is 5.65. The van der Waals surface area contributed by atoms with E-state index in [9.17, 15) is 18.0 Å². The minimum atomic E-state index is -4.47. The van der Waals surface area contributed by atoms with Crippen LogP contribution in [0.25, 0.3) is 16.9 Å². The molecule has 4 rings (SSSR count). The lowest BCUT2D eigenvalue weighted by Crippen LogP contribution is -2.22. The van der Waals surface area contributed by atoms with Gasteiger partial charge >= 0.3 is 6.18 Å². The van der Waals surface area contributed by atoms with Gasteiger partial charge in [-0.1, -0.05) is 50.1 Å². The zero-order valence-electron chi connectivity index (χ0n) is 16.1. The third-order valence-corrected chi connectivity index (χ3v) is 5.65. The molecule has 0 unspecified atom stereocenters. The molecule has 1 fully saturated rings. The van der Waals surface area contributed by atoms with Gasteiger partial charge in [-0.05, 0) is 30.4 Å². The number of nitrogens with zero attached hydrogens (tertiary/aromatic N) is 2. The average molecular weight is 401 g/mol. The monoisotopic (exact) mass is 401 g/mol. The first kappa shape index (κ1) is 19.5. The Balaban J connectivity index is 1.75. The van der Waals surface area contributed by atoms with Crippen LogP contribution >= 0.6 is 0 Å². The van der Waals surface area contributed by atoms with Gasteiger partial charge in [0.05, 0.1) is 11.3 Å². The summed E-state index contributed by atoms with van der Waals surface area (Å²) in [7, 11) is 0. The van der Waals surface area contributed by atoms with Crippen molar-refractivity contribution >= 4 is 17.4 Å². The number of hydrogen-bond donors (Lipinski definition) is 1. The van der Waals surface area contributed by atoms with Gasteiger partial charge in [-0.3, -0.25) is 9.20 Å². The minimum absolute atomic E-state index is 0.0282. The van der Waals surface area contributed by atoms with Crippen molar-refractivity contribution in [1.82, 2.24) is 9.38 Å². The van der Waals surface area contributed by atoms with Gasteiger partial charge in [-0.25, -0.2) is 4.98 Å². The van der Waals surface area contributed by atoms with E-state index in [0.29, 0.717) is 23.3 Å². The topological polar surface area (TPSA) is 46.4 Å². The van der Waals surface area contributed by atoms with Crippen LogP contribution in [0.1, 0.15) is 44.6 Å². The maximum absolute atomic E-state index is 13.2. The van der Waals surface area contributed by atoms with E-state index in [2.05, 4.69) is 17.2 Å². The Morgan fingerprint density at radius 2 is 1.83 bits per heavy atom. The van der Waals surface area contributed by atoms with Gasteiger partial charge in [-0.2, -0.15) is 13.2 Å². The van der Waals surface area contributed by atoms with Crippen molar-refractivity contribution in [2.45, 2.75) is 45.2 Å². The zero-order chi connectivity index (χ0) is 20.6. The molecular weight excluding hydrogens is 379 g/mol. The van der Waals surface area contributed by atoms with Crippen LogP contribution in [0.2, 0.25) is 0 Å². The Labute approximate surface area is 166 Å². The molecule has 0 saturated heterocycles. The fourth-order valence-corrected chi connectivity index (χ4v) is 4.14. The predicted octanol–water partition coefficient (Wildman–Crippen LogP) is 5.93. The lowest BCUT2D eigenvalue weighted by molar-refractivity contribution is -0.137. The maximum Gasteiger partial charge on any atom is 0.417 e. The van der Waals surface area contributed by atoms with Crippen molar-refractivity contribution in [3.05, 3.63) is 54.2 Å². The molecule has 0 aliphatic heterocycles. The van der Waals surface area contributed by atoms with Crippen molar-refractivity contribution in [3.8, 4) is 11.3 Å². The lowest BCUT2D eigenvalue weighted by atomic mass is 9.85. The number of fused-ring (bicyclic) bond motifs is 1. The van der Waals surface area contributed by atoms with Crippen molar-refractivity contribution in [1.29, 1.82) is 0 Å². The summed E-state index contributed by atoms with van der Waals surface area (Å²) < 4.78 is 41.1. The second-order valence-corrected chi connectivity index (χ2v) is 8.06. The molecule has 1 N–H and O–H groups in total. The second-order valence-electron chi connectivity index (χ2n) is 8.06. The van der Waals surface area contributed by atoms with Crippen LogP contribution < -0.4 is 5.32 Å². The molecular formula is C22H22F3N3O. The predicted molar refractivity (Wildman–Crippen MR) is 105 cm³/mol. The molecule has 0 bridgehead atoms. The molecule has 152 valence electrons. The Morgan fingerprint density at radius 1 is 1.14 bits per heavy atom. The number of anilines is 1. The Hall–Kier alpha value is -2.83. The van der Waals surface area contributed by atoms with E-state index in [0.717, 1.165) is 37.9 Å². The van der Waals surface area contributed by atoms with E-state index in [4.69, 9.17) is 0 Å². The first-order valence-corrected chi connectivity index (χ1v) is 9.70. The summed E-state index contributed by atoms with van der Waals surface area (Å²) in [6.45, 7) is 2.11. The summed E-state index contributed by atoms with van der Waals surface area (Å²) >= 11 is 0. The highest BCUT2D eigenvalue weighted by Crippen LogP contribution is 2.41. The highest BCUT2D eigenvalue weighted by atomic mass is 19.4. The number of pyridine rings is 1. The van der Waals surface area contributed by atoms with E-state index in [1.807, 2.05) is 6.07 Å². The summed E-state index contributed by atoms with van der Waals surface area (Å²) in [6.07, 6.45) is 1.19. The van der Waals surface area contributed by atoms with E-state index >= 15 is 0 Å². The van der Waals surface area contributed by atoms with Gasteiger partial charge in [0.15, 0.2) is 5.82 Å². The van der Waals surface area contributed by atoms with Gasteiger partial charge in [0.1, 0.15) is 5.65 Å². The van der Waals surface area contributed by atoms with Crippen molar-refractivity contribution in [3.63, 3.8) is 0 Å². The van der Waals surface area contributed by atoms with Crippen LogP contribution in [0.15, 0.2) is 48.7 Å². The average Bonchev–Trinajstić information content (AvgIpc) is 3.24. The van der Waals surface area contributed by atoms with E-state index in [1.54, 1.807) is 24.3 Å². The largest absolute Gasteiger partial charge is 0.417 e. The SMILES string of the molecule is CC1(CC(=O)Nc2nc3ccc(C(F)(F)F)cn3c2-c2ccccc2)CCCC1. The normalized spacial score (nSPS) is 16.3. The van der Waals surface area contributed by atoms with Crippen molar-refractivity contribution in [2.24, 2.45) is 5.41 Å². The maximum atomic E-state index is 13.2. The fraction of sp³-hybridized carbons (Fsp3) is 0.364. The Kier molecular flexibility index (Phi) is 4.84. The smallest absolute Gasteiger partial charge is 0.309 e. The van der Waals surface area contributed by atoms with Crippen LogP contribution in [-0.2, 0) is 11.0 Å². The van der Waals surface area contributed by atoms with Crippen molar-refractivity contribution < 1.29 is 18.0 Å². The number of alkyl halides is 3. The third kappa shape index (κ3) is 3.99. The summed E-state index contributed by atoms with van der Waals surface area (Å²) in [5.74, 6) is 0.119. The molecule has 2 aromatic heterocycles. The van der Waals surface area contributed by atoms with E-state index in [-0.39, 0.29) is 17.1 Å². The molecule has 1 aliphatic rings. The van der Waals surface area contributed by atoms with Gasteiger partial charge in [0.25, 0.3) is 0 Å². The highest BCUT2D eigenvalue weighted by molar-refractivity contribution is 5.94. The van der Waals surface area contributed by atoms with Crippen LogP contribution in [-0.4, -0.2) is 15.3 Å². The molecule has 1 aromatic carbocycles. The number of rotatable bonds is 4. The second kappa shape index (κ2) is 7.21. The van der Waals surface area contributed by atoms with Crippen molar-refractivity contribution in [2.75, 3.05) is 5.32 Å². The van der Waals surface area contributed by atoms with E-state index < -0.39 is 11.7 Å². The molecule has 0 spiro atoms. The Bertz CT molecular complexity index is 1030. The number of carbonyl (C=O) groups excluding carboxylic acids is 1. The van der Waals surface area contributed by atoms with Gasteiger partial charge < -0.3 is 5.32 Å². The molecule has 29 heavy (non-hydrogen) atoms. The molecule has 1 saturated carbocycles. The fourth-order valence-electron chi connectivity index (χ4n) is 4.14. The summed E-state index contributed by atoms with van der Waals surface area (Å²) in [6, 6.07) is 11.3. The lowest BCUT2D eigenvalue weighted by Gasteiger charge is -2.22. The van der Waals surface area contributed by atoms with Gasteiger partial charge in [0.2, 0.25) is 5.91 Å².